The van der Waals surface area contributed by atoms with Gasteiger partial charge in [0.1, 0.15) is 0 Å². The first-order valence-electron chi connectivity index (χ1n) is 9.69. The highest BCUT2D eigenvalue weighted by Crippen LogP contribution is 2.16. The van der Waals surface area contributed by atoms with E-state index in [0.29, 0.717) is 19.4 Å². The molecule has 0 spiro atoms. The van der Waals surface area contributed by atoms with Crippen LogP contribution in [-0.4, -0.2) is 36.3 Å². The molecule has 0 bridgehead atoms. The number of nitrogens with zero attached hydrogens (tertiary/aromatic N) is 1. The normalized spacial score (nSPS) is 14.6. The van der Waals surface area contributed by atoms with Crippen LogP contribution in [0.5, 0.6) is 0 Å². The molecule has 0 saturated carbocycles. The predicted octanol–water partition coefficient (Wildman–Crippen LogP) is 4.37. The van der Waals surface area contributed by atoms with E-state index in [4.69, 9.17) is 4.74 Å². The van der Waals surface area contributed by atoms with Crippen molar-refractivity contribution in [3.8, 4) is 0 Å². The van der Waals surface area contributed by atoms with Gasteiger partial charge in [0.05, 0.1) is 6.61 Å². The Morgan fingerprint density at radius 1 is 1.04 bits per heavy atom. The summed E-state index contributed by atoms with van der Waals surface area (Å²) in [7, 11) is 0. The topological polar surface area (TPSA) is 46.6 Å². The largest absolute Gasteiger partial charge is 0.466 e. The maximum atomic E-state index is 12.4. The number of carbonyl (C=O) groups excluding carboxylic acids is 2. The van der Waals surface area contributed by atoms with Crippen LogP contribution in [0.4, 0.5) is 0 Å². The van der Waals surface area contributed by atoms with Gasteiger partial charge in [-0.25, -0.2) is 0 Å². The molecule has 0 radical (unpaired) electrons. The summed E-state index contributed by atoms with van der Waals surface area (Å²) in [5.41, 5.74) is 2.07. The summed E-state index contributed by atoms with van der Waals surface area (Å²) in [6, 6.07) is 8.10. The van der Waals surface area contributed by atoms with Crippen molar-refractivity contribution >= 4 is 11.8 Å². The lowest BCUT2D eigenvalue weighted by molar-refractivity contribution is -0.143. The minimum Gasteiger partial charge on any atom is -0.466 e. The number of unbranched alkanes of at least 4 members (excludes halogenated alkanes) is 3. The number of ketones is 1. The van der Waals surface area contributed by atoms with Crippen molar-refractivity contribution in [3.05, 3.63) is 35.4 Å². The quantitative estimate of drug-likeness (QED) is 0.339. The van der Waals surface area contributed by atoms with Crippen LogP contribution >= 0.6 is 0 Å². The number of esters is 1. The number of rotatable bonds is 11. The van der Waals surface area contributed by atoms with Crippen molar-refractivity contribution in [2.24, 2.45) is 0 Å². The van der Waals surface area contributed by atoms with E-state index in [-0.39, 0.29) is 11.8 Å². The van der Waals surface area contributed by atoms with Gasteiger partial charge < -0.3 is 4.74 Å². The summed E-state index contributed by atoms with van der Waals surface area (Å²) in [5, 5.41) is 0. The molecule has 25 heavy (non-hydrogen) atoms. The molecule has 1 aromatic carbocycles. The van der Waals surface area contributed by atoms with E-state index in [1.54, 1.807) is 0 Å². The smallest absolute Gasteiger partial charge is 0.305 e. The van der Waals surface area contributed by atoms with Crippen LogP contribution in [0.25, 0.3) is 0 Å². The molecule has 1 fully saturated rings. The number of likely N-dealkylation sites (tertiary alicyclic amines) is 1. The van der Waals surface area contributed by atoms with Gasteiger partial charge in [0.25, 0.3) is 0 Å². The Hall–Kier alpha value is -1.68. The van der Waals surface area contributed by atoms with Crippen LogP contribution in [0.3, 0.4) is 0 Å². The summed E-state index contributed by atoms with van der Waals surface area (Å²) < 4.78 is 4.91. The van der Waals surface area contributed by atoms with Crippen LogP contribution in [0.2, 0.25) is 0 Å². The fourth-order valence-electron chi connectivity index (χ4n) is 3.33. The third-order valence-corrected chi connectivity index (χ3v) is 4.69. The molecule has 1 aromatic rings. The maximum Gasteiger partial charge on any atom is 0.305 e. The maximum absolute atomic E-state index is 12.4. The summed E-state index contributed by atoms with van der Waals surface area (Å²) in [6.45, 7) is 5.57. The Morgan fingerprint density at radius 3 is 2.48 bits per heavy atom. The lowest BCUT2D eigenvalue weighted by atomic mass is 10.0. The van der Waals surface area contributed by atoms with Gasteiger partial charge in [-0.05, 0) is 57.3 Å². The minimum absolute atomic E-state index is 0.117. The first kappa shape index (κ1) is 19.6. The lowest BCUT2D eigenvalue weighted by Crippen LogP contribution is -2.18. The molecule has 138 valence electrons. The Morgan fingerprint density at radius 2 is 1.76 bits per heavy atom. The molecule has 1 heterocycles. The highest BCUT2D eigenvalue weighted by Gasteiger charge is 2.13. The molecule has 4 nitrogen and oxygen atoms in total. The minimum atomic E-state index is -0.117. The number of Topliss-reactive ketones (excluding diaryl/α,β-unsaturated/α-hetero) is 1. The highest BCUT2D eigenvalue weighted by atomic mass is 16.5. The Balaban J connectivity index is 1.65. The summed E-state index contributed by atoms with van der Waals surface area (Å²) in [5.74, 6) is 0.113. The molecule has 0 unspecified atom stereocenters. The van der Waals surface area contributed by atoms with Gasteiger partial charge in [-0.2, -0.15) is 0 Å². The summed E-state index contributed by atoms with van der Waals surface area (Å²) >= 11 is 0. The van der Waals surface area contributed by atoms with Crippen LogP contribution < -0.4 is 0 Å². The molecule has 0 atom stereocenters. The van der Waals surface area contributed by atoms with Crippen LogP contribution in [0.1, 0.15) is 74.2 Å². The zero-order chi connectivity index (χ0) is 17.9. The molecule has 0 aromatic heterocycles. The van der Waals surface area contributed by atoms with Gasteiger partial charge in [-0.3, -0.25) is 14.5 Å². The zero-order valence-electron chi connectivity index (χ0n) is 15.5. The predicted molar refractivity (Wildman–Crippen MR) is 99.6 cm³/mol. The monoisotopic (exact) mass is 345 g/mol. The average molecular weight is 345 g/mol. The second-order valence-corrected chi connectivity index (χ2v) is 6.83. The van der Waals surface area contributed by atoms with E-state index in [9.17, 15) is 9.59 Å². The van der Waals surface area contributed by atoms with Crippen molar-refractivity contribution in [1.29, 1.82) is 0 Å². The molecule has 0 amide bonds. The average Bonchev–Trinajstić information content (AvgIpc) is 3.11. The van der Waals surface area contributed by atoms with E-state index in [2.05, 4.69) is 17.0 Å². The molecule has 2 rings (SSSR count). The molecule has 1 aliphatic rings. The molecular formula is C21H31NO3. The molecule has 1 aliphatic heterocycles. The van der Waals surface area contributed by atoms with Crippen molar-refractivity contribution in [2.75, 3.05) is 19.7 Å². The van der Waals surface area contributed by atoms with Crippen molar-refractivity contribution in [3.63, 3.8) is 0 Å². The Kier molecular flexibility index (Phi) is 8.67. The van der Waals surface area contributed by atoms with Crippen molar-refractivity contribution in [2.45, 2.75) is 64.8 Å². The number of benzene rings is 1. The van der Waals surface area contributed by atoms with Gasteiger partial charge >= 0.3 is 5.97 Å². The van der Waals surface area contributed by atoms with Gasteiger partial charge in [-0.1, -0.05) is 31.0 Å². The zero-order valence-corrected chi connectivity index (χ0v) is 15.5. The molecule has 4 heteroatoms. The molecule has 0 aliphatic carbocycles. The fourth-order valence-corrected chi connectivity index (χ4v) is 3.33. The van der Waals surface area contributed by atoms with Gasteiger partial charge in [0, 0.05) is 24.9 Å². The van der Waals surface area contributed by atoms with Crippen molar-refractivity contribution in [1.82, 2.24) is 4.90 Å². The first-order valence-corrected chi connectivity index (χ1v) is 9.69. The highest BCUT2D eigenvalue weighted by molar-refractivity contribution is 5.96. The fraction of sp³-hybridized carbons (Fsp3) is 0.619. The number of carbonyl (C=O) groups is 2. The number of hydrogen-bond acceptors (Lipinski definition) is 4. The van der Waals surface area contributed by atoms with E-state index in [0.717, 1.165) is 37.8 Å². The van der Waals surface area contributed by atoms with Crippen LogP contribution in [-0.2, 0) is 16.1 Å². The number of ether oxygens (including phenoxy) is 1. The van der Waals surface area contributed by atoms with E-state index < -0.39 is 0 Å². The third kappa shape index (κ3) is 7.39. The second kappa shape index (κ2) is 11.0. The second-order valence-electron chi connectivity index (χ2n) is 6.83. The SMILES string of the molecule is CCOC(=O)CCCCCCC(=O)c1cccc(CN2CCCC2)c1. The molecule has 1 saturated heterocycles. The number of hydrogen-bond donors (Lipinski definition) is 0. The van der Waals surface area contributed by atoms with E-state index >= 15 is 0 Å². The van der Waals surface area contributed by atoms with E-state index in [1.807, 2.05) is 19.1 Å². The lowest BCUT2D eigenvalue weighted by Gasteiger charge is -2.15. The molecular weight excluding hydrogens is 314 g/mol. The Bertz CT molecular complexity index is 550. The van der Waals surface area contributed by atoms with Crippen molar-refractivity contribution < 1.29 is 14.3 Å². The van der Waals surface area contributed by atoms with Gasteiger partial charge in [-0.15, -0.1) is 0 Å². The van der Waals surface area contributed by atoms with E-state index in [1.165, 1.54) is 31.5 Å². The van der Waals surface area contributed by atoms with Gasteiger partial charge in [0.2, 0.25) is 0 Å². The summed E-state index contributed by atoms with van der Waals surface area (Å²) in [6.07, 6.45) is 7.34. The van der Waals surface area contributed by atoms with Crippen LogP contribution in [0, 0.1) is 0 Å². The van der Waals surface area contributed by atoms with Gasteiger partial charge in [0.15, 0.2) is 5.78 Å². The summed E-state index contributed by atoms with van der Waals surface area (Å²) in [4.78, 5) is 26.1. The Labute approximate surface area is 151 Å². The molecule has 0 N–H and O–H groups in total. The van der Waals surface area contributed by atoms with Crippen LogP contribution in [0.15, 0.2) is 24.3 Å². The standard InChI is InChI=1S/C21H31NO3/c1-2-25-21(24)13-6-4-3-5-12-20(23)19-11-9-10-18(16-19)17-22-14-7-8-15-22/h9-11,16H,2-8,12-15,17H2,1H3. The first-order chi connectivity index (χ1) is 12.2. The third-order valence-electron chi connectivity index (χ3n) is 4.69.